The molecule has 90 valence electrons. The first-order valence-electron chi connectivity index (χ1n) is 5.72. The van der Waals surface area contributed by atoms with Crippen LogP contribution in [0.2, 0.25) is 0 Å². The molecule has 0 saturated heterocycles. The van der Waals surface area contributed by atoms with E-state index in [4.69, 9.17) is 0 Å². The monoisotopic (exact) mass is 239 g/mol. The van der Waals surface area contributed by atoms with E-state index in [1.807, 2.05) is 36.7 Å². The van der Waals surface area contributed by atoms with E-state index in [0.29, 0.717) is 0 Å². The lowest BCUT2D eigenvalue weighted by Crippen LogP contribution is -1.99. The van der Waals surface area contributed by atoms with Gasteiger partial charge in [0.25, 0.3) is 0 Å². The van der Waals surface area contributed by atoms with Crippen molar-refractivity contribution < 1.29 is 0 Å². The van der Waals surface area contributed by atoms with Crippen LogP contribution in [0.4, 0.5) is 5.69 Å². The average molecular weight is 239 g/mol. The van der Waals surface area contributed by atoms with Crippen LogP contribution in [0.15, 0.2) is 55.4 Å². The van der Waals surface area contributed by atoms with Crippen LogP contribution in [-0.2, 0) is 6.54 Å². The van der Waals surface area contributed by atoms with Gasteiger partial charge in [-0.2, -0.15) is 5.10 Å². The zero-order valence-corrected chi connectivity index (χ0v) is 9.74. The number of anilines is 1. The number of benzene rings is 1. The molecule has 3 rings (SSSR count). The van der Waals surface area contributed by atoms with Crippen molar-refractivity contribution in [3.8, 4) is 5.69 Å². The summed E-state index contributed by atoms with van der Waals surface area (Å²) in [7, 11) is 0. The fourth-order valence-electron chi connectivity index (χ4n) is 1.75. The maximum atomic E-state index is 4.08. The summed E-state index contributed by atoms with van der Waals surface area (Å²) in [6, 6.07) is 10.1. The molecule has 1 aromatic carbocycles. The summed E-state index contributed by atoms with van der Waals surface area (Å²) in [5, 5.41) is 7.44. The molecule has 0 spiro atoms. The molecular weight excluding hydrogens is 226 g/mol. The van der Waals surface area contributed by atoms with Crippen molar-refractivity contribution in [1.82, 2.24) is 19.7 Å². The minimum Gasteiger partial charge on any atom is -0.381 e. The van der Waals surface area contributed by atoms with Crippen molar-refractivity contribution in [2.75, 3.05) is 5.32 Å². The molecule has 2 heterocycles. The Hall–Kier alpha value is -2.56. The zero-order valence-electron chi connectivity index (χ0n) is 9.74. The highest BCUT2D eigenvalue weighted by atomic mass is 15.3. The Morgan fingerprint density at radius 1 is 1.17 bits per heavy atom. The molecule has 0 amide bonds. The summed E-state index contributed by atoms with van der Waals surface area (Å²) >= 11 is 0. The van der Waals surface area contributed by atoms with E-state index in [9.17, 15) is 0 Å². The molecule has 0 bridgehead atoms. The normalized spacial score (nSPS) is 10.4. The quantitative estimate of drug-likeness (QED) is 0.733. The number of aromatic nitrogens is 4. The van der Waals surface area contributed by atoms with Crippen LogP contribution in [0, 0.1) is 0 Å². The molecule has 5 heteroatoms. The fraction of sp³-hybridized carbons (Fsp3) is 0.0769. The molecule has 18 heavy (non-hydrogen) atoms. The Morgan fingerprint density at radius 3 is 2.72 bits per heavy atom. The van der Waals surface area contributed by atoms with Gasteiger partial charge in [0.15, 0.2) is 0 Å². The summed E-state index contributed by atoms with van der Waals surface area (Å²) in [4.78, 5) is 6.96. The lowest BCUT2D eigenvalue weighted by atomic mass is 10.2. The first-order valence-corrected chi connectivity index (χ1v) is 5.72. The van der Waals surface area contributed by atoms with Crippen molar-refractivity contribution in [2.24, 2.45) is 0 Å². The predicted molar refractivity (Wildman–Crippen MR) is 69.5 cm³/mol. The molecule has 2 aromatic heterocycles. The van der Waals surface area contributed by atoms with Crippen molar-refractivity contribution in [2.45, 2.75) is 6.54 Å². The topological polar surface area (TPSA) is 58.5 Å². The highest BCUT2D eigenvalue weighted by Crippen LogP contribution is 2.13. The number of hydrogen-bond acceptors (Lipinski definition) is 3. The third-order valence-corrected chi connectivity index (χ3v) is 2.71. The molecule has 0 atom stereocenters. The second-order valence-electron chi connectivity index (χ2n) is 3.96. The lowest BCUT2D eigenvalue weighted by Gasteiger charge is -2.06. The van der Waals surface area contributed by atoms with Crippen LogP contribution in [0.1, 0.15) is 5.56 Å². The molecule has 5 nitrogen and oxygen atoms in total. The number of nitrogens with zero attached hydrogens (tertiary/aromatic N) is 3. The van der Waals surface area contributed by atoms with Gasteiger partial charge in [0.2, 0.25) is 0 Å². The van der Waals surface area contributed by atoms with E-state index >= 15 is 0 Å². The van der Waals surface area contributed by atoms with E-state index in [1.165, 1.54) is 11.9 Å². The Labute approximate surface area is 104 Å². The molecular formula is C13H13N5. The van der Waals surface area contributed by atoms with Gasteiger partial charge in [-0.05, 0) is 35.9 Å². The van der Waals surface area contributed by atoms with Crippen LogP contribution in [0.3, 0.4) is 0 Å². The van der Waals surface area contributed by atoms with Crippen LogP contribution < -0.4 is 5.32 Å². The number of aromatic amines is 1. The largest absolute Gasteiger partial charge is 0.381 e. The third kappa shape index (κ3) is 2.24. The Morgan fingerprint density at radius 2 is 2.06 bits per heavy atom. The molecule has 2 N–H and O–H groups in total. The minimum atomic E-state index is 0.812. The number of rotatable bonds is 4. The third-order valence-electron chi connectivity index (χ3n) is 2.71. The average Bonchev–Trinajstić information content (AvgIpc) is 3.10. The summed E-state index contributed by atoms with van der Waals surface area (Å²) < 4.78 is 1.73. The molecule has 3 aromatic rings. The summed E-state index contributed by atoms with van der Waals surface area (Å²) in [6.45, 7) is 0.812. The predicted octanol–water partition coefficient (Wildman–Crippen LogP) is 2.21. The second-order valence-corrected chi connectivity index (χ2v) is 3.96. The van der Waals surface area contributed by atoms with Gasteiger partial charge in [-0.25, -0.2) is 9.67 Å². The minimum absolute atomic E-state index is 0.812. The highest BCUT2D eigenvalue weighted by molar-refractivity contribution is 5.48. The van der Waals surface area contributed by atoms with E-state index in [2.05, 4.69) is 26.4 Å². The second kappa shape index (κ2) is 4.75. The molecule has 0 aliphatic carbocycles. The van der Waals surface area contributed by atoms with E-state index < -0.39 is 0 Å². The van der Waals surface area contributed by atoms with E-state index in [-0.39, 0.29) is 0 Å². The maximum absolute atomic E-state index is 4.08. The zero-order chi connectivity index (χ0) is 12.2. The van der Waals surface area contributed by atoms with Gasteiger partial charge in [0.1, 0.15) is 12.7 Å². The van der Waals surface area contributed by atoms with Crippen molar-refractivity contribution in [3.05, 3.63) is 60.9 Å². The van der Waals surface area contributed by atoms with E-state index in [0.717, 1.165) is 17.9 Å². The lowest BCUT2D eigenvalue weighted by molar-refractivity contribution is 0.879. The van der Waals surface area contributed by atoms with Crippen LogP contribution in [0.5, 0.6) is 0 Å². The molecule has 0 unspecified atom stereocenters. The van der Waals surface area contributed by atoms with E-state index in [1.54, 1.807) is 11.0 Å². The number of hydrogen-bond donors (Lipinski definition) is 2. The molecule has 0 aliphatic rings. The van der Waals surface area contributed by atoms with Gasteiger partial charge >= 0.3 is 0 Å². The Kier molecular flexibility index (Phi) is 2.79. The molecule has 0 fully saturated rings. The standard InChI is InChI=1S/C13H13N5/c1-3-13(18-10-15-9-17-18)4-2-12(1)16-8-11-5-6-14-7-11/h1-7,9-10,14,16H,8H2. The molecule has 0 aliphatic heterocycles. The van der Waals surface area contributed by atoms with Crippen LogP contribution >= 0.6 is 0 Å². The van der Waals surface area contributed by atoms with Crippen molar-refractivity contribution in [1.29, 1.82) is 0 Å². The SMILES string of the molecule is c1ncn(-c2ccc(NCc3cc[nH]c3)cc2)n1. The van der Waals surface area contributed by atoms with Crippen molar-refractivity contribution >= 4 is 5.69 Å². The summed E-state index contributed by atoms with van der Waals surface area (Å²) in [5.74, 6) is 0. The van der Waals surface area contributed by atoms with Gasteiger partial charge in [0, 0.05) is 24.6 Å². The van der Waals surface area contributed by atoms with Gasteiger partial charge in [-0.3, -0.25) is 0 Å². The van der Waals surface area contributed by atoms with Gasteiger partial charge in [-0.1, -0.05) is 0 Å². The van der Waals surface area contributed by atoms with Gasteiger partial charge < -0.3 is 10.3 Å². The Bertz CT molecular complexity index is 581. The first-order chi connectivity index (χ1) is 8.92. The van der Waals surface area contributed by atoms with Crippen LogP contribution in [-0.4, -0.2) is 19.7 Å². The summed E-state index contributed by atoms with van der Waals surface area (Å²) in [5.41, 5.74) is 3.31. The summed E-state index contributed by atoms with van der Waals surface area (Å²) in [6.07, 6.45) is 7.11. The van der Waals surface area contributed by atoms with Gasteiger partial charge in [-0.15, -0.1) is 0 Å². The molecule has 0 saturated carbocycles. The van der Waals surface area contributed by atoms with Crippen LogP contribution in [0.25, 0.3) is 5.69 Å². The molecule has 0 radical (unpaired) electrons. The smallest absolute Gasteiger partial charge is 0.138 e. The highest BCUT2D eigenvalue weighted by Gasteiger charge is 1.97. The van der Waals surface area contributed by atoms with Crippen molar-refractivity contribution in [3.63, 3.8) is 0 Å². The fourth-order valence-corrected chi connectivity index (χ4v) is 1.75. The number of nitrogens with one attached hydrogen (secondary N) is 2. The number of H-pyrrole nitrogens is 1. The Balaban J connectivity index is 1.68. The first kappa shape index (κ1) is 10.6. The maximum Gasteiger partial charge on any atom is 0.138 e. The van der Waals surface area contributed by atoms with Gasteiger partial charge in [0.05, 0.1) is 5.69 Å².